The lowest BCUT2D eigenvalue weighted by atomic mass is 9.80. The molecule has 3 rings (SSSR count). The number of thioether (sulfide) groups is 1. The van der Waals surface area contributed by atoms with E-state index in [0.717, 1.165) is 24.7 Å². The molecule has 2 heterocycles. The Hall–Kier alpha value is -1.14. The van der Waals surface area contributed by atoms with Crippen molar-refractivity contribution >= 4 is 23.4 Å². The van der Waals surface area contributed by atoms with Crippen LogP contribution in [0, 0.1) is 17.6 Å². The minimum absolute atomic E-state index is 0.0255. The Bertz CT molecular complexity index is 560. The van der Waals surface area contributed by atoms with Crippen LogP contribution in [0.15, 0.2) is 12.1 Å². The summed E-state index contributed by atoms with van der Waals surface area (Å²) in [6.07, 6.45) is 1.71. The second kappa shape index (κ2) is 5.00. The molecule has 3 nitrogen and oxygen atoms in total. The molecule has 0 radical (unpaired) electrons. The number of benzene rings is 1. The molecular formula is C14H15F2NO2S. The Morgan fingerprint density at radius 1 is 1.45 bits per heavy atom. The van der Waals surface area contributed by atoms with Gasteiger partial charge in [-0.1, -0.05) is 0 Å². The standard InChI is InChI=1S/C14H15F2NO2S/c1-19-14(8-3-2-6-20-7-8)11-10(17-13(14)18)5-4-9(15)12(11)16/h4-5,8H,2-3,6-7H2,1H3,(H,17,18). The Balaban J connectivity index is 2.16. The van der Waals surface area contributed by atoms with Crippen molar-refractivity contribution in [3.05, 3.63) is 29.3 Å². The molecule has 2 atom stereocenters. The van der Waals surface area contributed by atoms with Gasteiger partial charge in [0.15, 0.2) is 17.2 Å². The number of amides is 1. The largest absolute Gasteiger partial charge is 0.363 e. The third-order valence-corrected chi connectivity index (χ3v) is 5.32. The number of ether oxygens (including phenoxy) is 1. The number of fused-ring (bicyclic) bond motifs is 1. The van der Waals surface area contributed by atoms with Gasteiger partial charge in [0.05, 0.1) is 11.3 Å². The van der Waals surface area contributed by atoms with E-state index in [4.69, 9.17) is 4.74 Å². The number of hydrogen-bond donors (Lipinski definition) is 1. The van der Waals surface area contributed by atoms with E-state index in [1.807, 2.05) is 0 Å². The van der Waals surface area contributed by atoms with E-state index in [-0.39, 0.29) is 11.5 Å². The van der Waals surface area contributed by atoms with Crippen molar-refractivity contribution in [1.82, 2.24) is 0 Å². The third kappa shape index (κ3) is 1.78. The maximum absolute atomic E-state index is 14.3. The minimum Gasteiger partial charge on any atom is -0.363 e. The van der Waals surface area contributed by atoms with Gasteiger partial charge in [-0.3, -0.25) is 4.79 Å². The molecule has 0 bridgehead atoms. The zero-order chi connectivity index (χ0) is 14.3. The summed E-state index contributed by atoms with van der Waals surface area (Å²) in [5.41, 5.74) is -1.07. The van der Waals surface area contributed by atoms with Crippen LogP contribution in [0.1, 0.15) is 18.4 Å². The van der Waals surface area contributed by atoms with Crippen LogP contribution in [-0.2, 0) is 15.1 Å². The van der Waals surface area contributed by atoms with Gasteiger partial charge in [-0.2, -0.15) is 11.8 Å². The highest BCUT2D eigenvalue weighted by atomic mass is 32.2. The quantitative estimate of drug-likeness (QED) is 0.912. The van der Waals surface area contributed by atoms with E-state index in [0.29, 0.717) is 11.4 Å². The predicted molar refractivity (Wildman–Crippen MR) is 73.7 cm³/mol. The Kier molecular flexibility index (Phi) is 3.46. The molecule has 1 aromatic carbocycles. The van der Waals surface area contributed by atoms with E-state index >= 15 is 0 Å². The van der Waals surface area contributed by atoms with Gasteiger partial charge in [-0.05, 0) is 36.5 Å². The molecular weight excluding hydrogens is 284 g/mol. The molecule has 1 amide bonds. The highest BCUT2D eigenvalue weighted by molar-refractivity contribution is 7.99. The summed E-state index contributed by atoms with van der Waals surface area (Å²) < 4.78 is 33.3. The summed E-state index contributed by atoms with van der Waals surface area (Å²) in [7, 11) is 1.39. The zero-order valence-electron chi connectivity index (χ0n) is 11.0. The van der Waals surface area contributed by atoms with E-state index in [2.05, 4.69) is 5.32 Å². The molecule has 1 fully saturated rings. The van der Waals surface area contributed by atoms with Crippen LogP contribution in [0.25, 0.3) is 0 Å². The first-order valence-electron chi connectivity index (χ1n) is 6.54. The summed E-state index contributed by atoms with van der Waals surface area (Å²) in [6.45, 7) is 0. The van der Waals surface area contributed by atoms with Crippen LogP contribution in [0.2, 0.25) is 0 Å². The molecule has 6 heteroatoms. The van der Waals surface area contributed by atoms with Crippen molar-refractivity contribution in [2.75, 3.05) is 23.9 Å². The molecule has 0 saturated carbocycles. The number of hydrogen-bond acceptors (Lipinski definition) is 3. The number of methoxy groups -OCH3 is 1. The van der Waals surface area contributed by atoms with Gasteiger partial charge in [0.2, 0.25) is 0 Å². The molecule has 2 unspecified atom stereocenters. The average Bonchev–Trinajstić information content (AvgIpc) is 2.77. The molecule has 1 aromatic rings. The van der Waals surface area contributed by atoms with Gasteiger partial charge in [0.25, 0.3) is 5.91 Å². The highest BCUT2D eigenvalue weighted by Gasteiger charge is 2.55. The second-order valence-corrected chi connectivity index (χ2v) is 6.24. The molecule has 0 aliphatic carbocycles. The number of rotatable bonds is 2. The number of nitrogens with one attached hydrogen (secondary N) is 1. The van der Waals surface area contributed by atoms with Crippen molar-refractivity contribution in [2.45, 2.75) is 18.4 Å². The fourth-order valence-electron chi connectivity index (χ4n) is 3.16. The van der Waals surface area contributed by atoms with Crippen molar-refractivity contribution < 1.29 is 18.3 Å². The van der Waals surface area contributed by atoms with Gasteiger partial charge >= 0.3 is 0 Å². The maximum atomic E-state index is 14.3. The molecule has 0 spiro atoms. The Morgan fingerprint density at radius 2 is 2.25 bits per heavy atom. The normalized spacial score (nSPS) is 29.1. The lowest BCUT2D eigenvalue weighted by Crippen LogP contribution is -2.46. The zero-order valence-corrected chi connectivity index (χ0v) is 11.9. The number of halogens is 2. The minimum atomic E-state index is -1.41. The van der Waals surface area contributed by atoms with Crippen molar-refractivity contribution in [3.63, 3.8) is 0 Å². The van der Waals surface area contributed by atoms with Crippen LogP contribution < -0.4 is 5.32 Å². The van der Waals surface area contributed by atoms with Gasteiger partial charge in [-0.15, -0.1) is 0 Å². The number of anilines is 1. The van der Waals surface area contributed by atoms with Crippen LogP contribution >= 0.6 is 11.8 Å². The summed E-state index contributed by atoms with van der Waals surface area (Å²) in [6, 6.07) is 2.41. The molecule has 0 aromatic heterocycles. The lowest BCUT2D eigenvalue weighted by molar-refractivity contribution is -0.145. The molecule has 2 aliphatic rings. The van der Waals surface area contributed by atoms with Crippen molar-refractivity contribution in [1.29, 1.82) is 0 Å². The van der Waals surface area contributed by atoms with E-state index in [9.17, 15) is 13.6 Å². The Morgan fingerprint density at radius 3 is 2.90 bits per heavy atom. The number of carbonyl (C=O) groups is 1. The lowest BCUT2D eigenvalue weighted by Gasteiger charge is -2.36. The number of carbonyl (C=O) groups excluding carboxylic acids is 1. The summed E-state index contributed by atoms with van der Waals surface area (Å²) in [4.78, 5) is 12.4. The molecule has 1 N–H and O–H groups in total. The average molecular weight is 299 g/mol. The van der Waals surface area contributed by atoms with Crippen molar-refractivity contribution in [3.8, 4) is 0 Å². The summed E-state index contributed by atoms with van der Waals surface area (Å²) in [5, 5.41) is 2.62. The summed E-state index contributed by atoms with van der Waals surface area (Å²) in [5.74, 6) is -0.758. The third-order valence-electron chi connectivity index (χ3n) is 4.11. The van der Waals surface area contributed by atoms with Gasteiger partial charge < -0.3 is 10.1 Å². The molecule has 2 aliphatic heterocycles. The van der Waals surface area contributed by atoms with Crippen LogP contribution in [0.5, 0.6) is 0 Å². The maximum Gasteiger partial charge on any atom is 0.261 e. The topological polar surface area (TPSA) is 38.3 Å². The van der Waals surface area contributed by atoms with E-state index in [1.54, 1.807) is 11.8 Å². The first kappa shape index (κ1) is 13.8. The predicted octanol–water partition coefficient (Wildman–Crippen LogP) is 2.90. The second-order valence-electron chi connectivity index (χ2n) is 5.09. The SMILES string of the molecule is COC1(C2CCCSC2)C(=O)Nc2ccc(F)c(F)c21. The monoisotopic (exact) mass is 299 g/mol. The van der Waals surface area contributed by atoms with Crippen molar-refractivity contribution in [2.24, 2.45) is 5.92 Å². The van der Waals surface area contributed by atoms with E-state index in [1.165, 1.54) is 13.2 Å². The van der Waals surface area contributed by atoms with Gasteiger partial charge in [0, 0.05) is 13.0 Å². The van der Waals surface area contributed by atoms with Crippen LogP contribution in [-0.4, -0.2) is 24.5 Å². The highest BCUT2D eigenvalue weighted by Crippen LogP contribution is 2.49. The van der Waals surface area contributed by atoms with Gasteiger partial charge in [-0.25, -0.2) is 8.78 Å². The first-order chi connectivity index (χ1) is 9.61. The summed E-state index contributed by atoms with van der Waals surface area (Å²) >= 11 is 1.71. The fourth-order valence-corrected chi connectivity index (χ4v) is 4.38. The van der Waals surface area contributed by atoms with E-state index < -0.39 is 23.1 Å². The first-order valence-corrected chi connectivity index (χ1v) is 7.69. The smallest absolute Gasteiger partial charge is 0.261 e. The van der Waals surface area contributed by atoms with Crippen LogP contribution in [0.3, 0.4) is 0 Å². The molecule has 108 valence electrons. The molecule has 20 heavy (non-hydrogen) atoms. The van der Waals surface area contributed by atoms with Crippen LogP contribution in [0.4, 0.5) is 14.5 Å². The fraction of sp³-hybridized carbons (Fsp3) is 0.500. The Labute approximate surface area is 120 Å². The van der Waals surface area contributed by atoms with Gasteiger partial charge in [0.1, 0.15) is 0 Å². The molecule has 1 saturated heterocycles.